The number of aliphatic hydroxyl groups excluding tert-OH is 4. The molecular weight excluding hydrogens is 458 g/mol. The minimum Gasteiger partial charge on any atom is -0.508 e. The molecule has 3 aromatic rings. The molecule has 180 valence electrons. The Morgan fingerprint density at radius 3 is 2.32 bits per heavy atom. The lowest BCUT2D eigenvalue weighted by Gasteiger charge is -2.39. The predicted molar refractivity (Wildman–Crippen MR) is 112 cm³/mol. The van der Waals surface area contributed by atoms with E-state index in [-0.39, 0.29) is 17.1 Å². The summed E-state index contributed by atoms with van der Waals surface area (Å²) in [5, 5.41) is 70.3. The summed E-state index contributed by atoms with van der Waals surface area (Å²) in [6, 6.07) is 6.99. The van der Waals surface area contributed by atoms with E-state index in [1.54, 1.807) is 0 Å². The van der Waals surface area contributed by atoms with Crippen molar-refractivity contribution in [3.8, 4) is 28.4 Å². The number of phenolic OH excluding ortho intramolecular Hbond substituents is 2. The lowest BCUT2D eigenvalue weighted by atomic mass is 9.99. The Kier molecular flexibility index (Phi) is 6.12. The van der Waals surface area contributed by atoms with Gasteiger partial charge in [-0.15, -0.1) is 0 Å². The highest BCUT2D eigenvalue weighted by Crippen LogP contribution is 2.36. The Morgan fingerprint density at radius 2 is 1.71 bits per heavy atom. The molecule has 1 aromatic heterocycles. The lowest BCUT2D eigenvalue weighted by Crippen LogP contribution is -2.60. The number of rotatable bonds is 5. The van der Waals surface area contributed by atoms with Crippen molar-refractivity contribution in [2.24, 2.45) is 0 Å². The van der Waals surface area contributed by atoms with Crippen molar-refractivity contribution < 1.29 is 49.5 Å². The number of phenols is 2. The van der Waals surface area contributed by atoms with Crippen LogP contribution in [0.2, 0.25) is 0 Å². The van der Waals surface area contributed by atoms with Gasteiger partial charge in [-0.2, -0.15) is 0 Å². The fourth-order valence-electron chi connectivity index (χ4n) is 3.64. The molecule has 1 saturated heterocycles. The van der Waals surface area contributed by atoms with Crippen LogP contribution in [0.3, 0.4) is 0 Å². The number of benzene rings is 2. The maximum atomic E-state index is 13.1. The Balaban J connectivity index is 1.79. The van der Waals surface area contributed by atoms with Crippen LogP contribution in [0, 0.1) is 10.1 Å². The summed E-state index contributed by atoms with van der Waals surface area (Å²) in [6.45, 7) is -0.700. The molecule has 2 heterocycles. The average molecular weight is 477 g/mol. The van der Waals surface area contributed by atoms with Crippen LogP contribution in [0.25, 0.3) is 22.1 Å². The quantitative estimate of drug-likeness (QED) is 0.211. The van der Waals surface area contributed by atoms with Gasteiger partial charge in [-0.25, -0.2) is 0 Å². The van der Waals surface area contributed by atoms with E-state index in [0.717, 1.165) is 12.1 Å². The molecule has 0 aliphatic carbocycles. The highest BCUT2D eigenvalue weighted by Gasteiger charge is 2.44. The van der Waals surface area contributed by atoms with Gasteiger partial charge in [-0.1, -0.05) is 12.1 Å². The molecule has 4 rings (SSSR count). The second kappa shape index (κ2) is 8.89. The minimum absolute atomic E-state index is 0.0706. The van der Waals surface area contributed by atoms with Crippen molar-refractivity contribution in [2.45, 2.75) is 30.7 Å². The Morgan fingerprint density at radius 1 is 1.03 bits per heavy atom. The predicted octanol–water partition coefficient (Wildman–Crippen LogP) is -0.0419. The molecule has 1 aliphatic rings. The Labute approximate surface area is 189 Å². The second-order valence-corrected chi connectivity index (χ2v) is 7.55. The first-order chi connectivity index (χ1) is 16.1. The van der Waals surface area contributed by atoms with Gasteiger partial charge in [0.1, 0.15) is 57.5 Å². The zero-order valence-corrected chi connectivity index (χ0v) is 17.1. The Bertz CT molecular complexity index is 1290. The summed E-state index contributed by atoms with van der Waals surface area (Å²) in [6.07, 6.45) is -7.97. The van der Waals surface area contributed by atoms with E-state index in [1.165, 1.54) is 24.3 Å². The van der Waals surface area contributed by atoms with Crippen molar-refractivity contribution >= 4 is 16.9 Å². The zero-order valence-electron chi connectivity index (χ0n) is 17.1. The first kappa shape index (κ1) is 23.4. The molecule has 6 N–H and O–H groups in total. The van der Waals surface area contributed by atoms with Crippen LogP contribution in [0.5, 0.6) is 17.2 Å². The van der Waals surface area contributed by atoms with Crippen molar-refractivity contribution in [3.05, 3.63) is 56.7 Å². The number of aromatic hydroxyl groups is 2. The van der Waals surface area contributed by atoms with Crippen LogP contribution in [-0.2, 0) is 4.74 Å². The molecule has 0 amide bonds. The molecule has 0 bridgehead atoms. The van der Waals surface area contributed by atoms with Crippen LogP contribution >= 0.6 is 0 Å². The summed E-state index contributed by atoms with van der Waals surface area (Å²) in [4.78, 5) is 23.8. The maximum Gasteiger partial charge on any atom is 0.445 e. The highest BCUT2D eigenvalue weighted by atomic mass is 16.7. The van der Waals surface area contributed by atoms with Crippen molar-refractivity contribution in [1.82, 2.24) is 0 Å². The lowest BCUT2D eigenvalue weighted by molar-refractivity contribution is -0.401. The SMILES string of the molecule is O=c1c(-c2ccc(O)cc2)c([N+](=O)[O-])oc2cc(O[C@@H]3OC(CO)[C@@H](O)C(O)C3O)cc(O)c12. The average Bonchev–Trinajstić information content (AvgIpc) is 2.79. The van der Waals surface area contributed by atoms with Crippen LogP contribution in [-0.4, -0.2) is 72.9 Å². The third-order valence-corrected chi connectivity index (χ3v) is 5.35. The first-order valence-corrected chi connectivity index (χ1v) is 9.87. The molecule has 13 heteroatoms. The topological polar surface area (TPSA) is 213 Å². The number of aliphatic hydroxyl groups is 4. The fourth-order valence-corrected chi connectivity index (χ4v) is 3.64. The number of nitro groups is 1. The van der Waals surface area contributed by atoms with Crippen molar-refractivity contribution in [3.63, 3.8) is 0 Å². The minimum atomic E-state index is -1.76. The van der Waals surface area contributed by atoms with Crippen LogP contribution in [0.1, 0.15) is 0 Å². The van der Waals surface area contributed by atoms with Gasteiger partial charge in [0.15, 0.2) is 5.58 Å². The molecule has 0 saturated carbocycles. The van der Waals surface area contributed by atoms with Crippen molar-refractivity contribution in [1.29, 1.82) is 0 Å². The van der Waals surface area contributed by atoms with E-state index >= 15 is 0 Å². The Hall–Kier alpha value is -3.75. The summed E-state index contributed by atoms with van der Waals surface area (Å²) < 4.78 is 15.9. The van der Waals surface area contributed by atoms with E-state index in [9.17, 15) is 45.5 Å². The third-order valence-electron chi connectivity index (χ3n) is 5.35. The fraction of sp³-hybridized carbons (Fsp3) is 0.286. The standard InChI is InChI=1S/C21H19NO12/c23-7-13-16(26)18(28)19(29)21(34-13)32-10-5-11(25)15-12(6-10)33-20(22(30)31)14(17(15)27)8-1-3-9(24)4-2-8/h1-6,13,16,18-19,21,23-26,28-29H,7H2/t13?,16-,18?,19?,21-/m1/s1. The highest BCUT2D eigenvalue weighted by molar-refractivity contribution is 5.90. The van der Waals surface area contributed by atoms with Gasteiger partial charge in [0.2, 0.25) is 11.7 Å². The number of hydrogen-bond donors (Lipinski definition) is 6. The first-order valence-electron chi connectivity index (χ1n) is 9.87. The smallest absolute Gasteiger partial charge is 0.445 e. The van der Waals surface area contributed by atoms with E-state index in [1.807, 2.05) is 0 Å². The van der Waals surface area contributed by atoms with Crippen LogP contribution < -0.4 is 10.2 Å². The van der Waals surface area contributed by atoms with Gasteiger partial charge in [0.05, 0.1) is 6.61 Å². The second-order valence-electron chi connectivity index (χ2n) is 7.55. The molecule has 1 aliphatic heterocycles. The molecule has 34 heavy (non-hydrogen) atoms. The monoisotopic (exact) mass is 477 g/mol. The van der Waals surface area contributed by atoms with Gasteiger partial charge < -0.3 is 44.5 Å². The van der Waals surface area contributed by atoms with E-state index < -0.39 is 75.8 Å². The van der Waals surface area contributed by atoms with E-state index in [4.69, 9.17) is 13.9 Å². The summed E-state index contributed by atoms with van der Waals surface area (Å²) >= 11 is 0. The molecular formula is C21H19NO12. The molecule has 0 radical (unpaired) electrons. The van der Waals surface area contributed by atoms with Crippen molar-refractivity contribution in [2.75, 3.05) is 6.61 Å². The van der Waals surface area contributed by atoms with Gasteiger partial charge in [0.25, 0.3) is 0 Å². The van der Waals surface area contributed by atoms with Gasteiger partial charge in [0, 0.05) is 12.1 Å². The number of hydrogen-bond acceptors (Lipinski definition) is 12. The zero-order chi connectivity index (χ0) is 24.7. The number of nitrogens with zero attached hydrogens (tertiary/aromatic N) is 1. The number of ether oxygens (including phenoxy) is 2. The van der Waals surface area contributed by atoms with Gasteiger partial charge >= 0.3 is 5.88 Å². The summed E-state index contributed by atoms with van der Waals surface area (Å²) in [7, 11) is 0. The molecule has 13 nitrogen and oxygen atoms in total. The molecule has 0 spiro atoms. The third kappa shape index (κ3) is 4.02. The molecule has 3 unspecified atom stereocenters. The molecule has 5 atom stereocenters. The van der Waals surface area contributed by atoms with Crippen LogP contribution in [0.4, 0.5) is 5.88 Å². The largest absolute Gasteiger partial charge is 0.508 e. The summed E-state index contributed by atoms with van der Waals surface area (Å²) in [5.74, 6) is -1.98. The van der Waals surface area contributed by atoms with Gasteiger partial charge in [-0.3, -0.25) is 14.9 Å². The maximum absolute atomic E-state index is 13.1. The van der Waals surface area contributed by atoms with E-state index in [2.05, 4.69) is 0 Å². The number of fused-ring (bicyclic) bond motifs is 1. The van der Waals surface area contributed by atoms with E-state index in [0.29, 0.717) is 0 Å². The normalized spacial score (nSPS) is 24.8. The van der Waals surface area contributed by atoms with Crippen LogP contribution in [0.15, 0.2) is 45.6 Å². The summed E-state index contributed by atoms with van der Waals surface area (Å²) in [5.41, 5.74) is -1.72. The molecule has 1 fully saturated rings. The molecule has 2 aromatic carbocycles. The van der Waals surface area contributed by atoms with Gasteiger partial charge in [-0.05, 0) is 17.7 Å².